The van der Waals surface area contributed by atoms with E-state index in [0.29, 0.717) is 5.56 Å². The summed E-state index contributed by atoms with van der Waals surface area (Å²) in [6.07, 6.45) is 2.63. The minimum atomic E-state index is -3.55. The Balaban J connectivity index is 2.21. The number of aliphatic hydroxyl groups excluding tert-OH is 1. The topological polar surface area (TPSA) is 86.3 Å². The molecule has 0 spiro atoms. The van der Waals surface area contributed by atoms with Crippen molar-refractivity contribution < 1.29 is 13.5 Å². The van der Waals surface area contributed by atoms with E-state index in [1.165, 1.54) is 23.5 Å². The van der Waals surface area contributed by atoms with Crippen LogP contribution in [0, 0.1) is 0 Å². The van der Waals surface area contributed by atoms with E-state index in [1.807, 2.05) is 0 Å². The van der Waals surface area contributed by atoms with E-state index >= 15 is 0 Å². The van der Waals surface area contributed by atoms with Crippen molar-refractivity contribution in [3.05, 3.63) is 47.8 Å². The third kappa shape index (κ3) is 3.06. The molecule has 0 aliphatic rings. The Morgan fingerprint density at radius 1 is 1.35 bits per heavy atom. The first-order valence-corrected chi connectivity index (χ1v) is 7.57. The van der Waals surface area contributed by atoms with Gasteiger partial charge in [-0.3, -0.25) is 5.10 Å². The van der Waals surface area contributed by atoms with Crippen LogP contribution < -0.4 is 0 Å². The minimum Gasteiger partial charge on any atom is -0.389 e. The van der Waals surface area contributed by atoms with Gasteiger partial charge < -0.3 is 5.11 Å². The minimum absolute atomic E-state index is 0.202. The lowest BCUT2D eigenvalue weighted by molar-refractivity contribution is 0.199. The number of rotatable bonds is 5. The van der Waals surface area contributed by atoms with Gasteiger partial charge in [0.2, 0.25) is 10.0 Å². The molecule has 0 radical (unpaired) electrons. The molecule has 108 valence electrons. The van der Waals surface area contributed by atoms with Gasteiger partial charge in [0.05, 0.1) is 17.2 Å². The monoisotopic (exact) mass is 295 g/mol. The Bertz CT molecular complexity index is 649. The number of nitrogens with one attached hydrogen (secondary N) is 1. The van der Waals surface area contributed by atoms with E-state index in [2.05, 4.69) is 10.2 Å². The van der Waals surface area contributed by atoms with E-state index < -0.39 is 16.1 Å². The number of aromatic nitrogens is 2. The van der Waals surface area contributed by atoms with Gasteiger partial charge in [0.1, 0.15) is 0 Å². The van der Waals surface area contributed by atoms with Gasteiger partial charge in [-0.05, 0) is 24.6 Å². The van der Waals surface area contributed by atoms with Gasteiger partial charge in [-0.25, -0.2) is 8.42 Å². The van der Waals surface area contributed by atoms with Crippen molar-refractivity contribution in [2.45, 2.75) is 24.5 Å². The summed E-state index contributed by atoms with van der Waals surface area (Å²) in [6.45, 7) is 1.88. The largest absolute Gasteiger partial charge is 0.389 e. The van der Waals surface area contributed by atoms with Gasteiger partial charge in [-0.15, -0.1) is 0 Å². The molecule has 0 fully saturated rings. The summed E-state index contributed by atoms with van der Waals surface area (Å²) in [5.41, 5.74) is 1.47. The highest BCUT2D eigenvalue weighted by molar-refractivity contribution is 7.89. The third-order valence-corrected chi connectivity index (χ3v) is 4.85. The van der Waals surface area contributed by atoms with Crippen LogP contribution in [-0.4, -0.2) is 35.1 Å². The fourth-order valence-corrected chi connectivity index (χ4v) is 2.96. The molecule has 2 rings (SSSR count). The predicted molar refractivity (Wildman–Crippen MR) is 74.3 cm³/mol. The fourth-order valence-electron chi connectivity index (χ4n) is 1.80. The van der Waals surface area contributed by atoms with Crippen molar-refractivity contribution in [1.82, 2.24) is 14.5 Å². The third-order valence-electron chi connectivity index (χ3n) is 3.03. The van der Waals surface area contributed by atoms with E-state index in [-0.39, 0.29) is 11.4 Å². The van der Waals surface area contributed by atoms with Gasteiger partial charge in [-0.1, -0.05) is 12.1 Å². The smallest absolute Gasteiger partial charge is 0.243 e. The summed E-state index contributed by atoms with van der Waals surface area (Å²) >= 11 is 0. The standard InChI is InChI=1S/C13H17N3O3S/c1-10(17)12-3-5-13(6-4-12)20(18,19)16(2)9-11-7-14-15-8-11/h3-8,10,17H,9H2,1-2H3,(H,14,15). The van der Waals surface area contributed by atoms with Crippen LogP contribution >= 0.6 is 0 Å². The summed E-state index contributed by atoms with van der Waals surface area (Å²) in [5.74, 6) is 0. The van der Waals surface area contributed by atoms with E-state index in [4.69, 9.17) is 0 Å². The van der Waals surface area contributed by atoms with Gasteiger partial charge >= 0.3 is 0 Å². The van der Waals surface area contributed by atoms with Crippen molar-refractivity contribution in [2.75, 3.05) is 7.05 Å². The Kier molecular flexibility index (Phi) is 4.22. The number of aromatic amines is 1. The van der Waals surface area contributed by atoms with Crippen molar-refractivity contribution in [1.29, 1.82) is 0 Å². The summed E-state index contributed by atoms with van der Waals surface area (Å²) in [7, 11) is -2.03. The Morgan fingerprint density at radius 2 is 2.00 bits per heavy atom. The Morgan fingerprint density at radius 3 is 2.50 bits per heavy atom. The van der Waals surface area contributed by atoms with Crippen LogP contribution in [0.5, 0.6) is 0 Å². The molecule has 0 aliphatic heterocycles. The SMILES string of the molecule is CC(O)c1ccc(S(=O)(=O)N(C)Cc2cn[nH]c2)cc1. The molecule has 1 heterocycles. The second-order valence-corrected chi connectivity index (χ2v) is 6.66. The molecule has 1 unspecified atom stereocenters. The van der Waals surface area contributed by atoms with Crippen LogP contribution in [0.15, 0.2) is 41.6 Å². The molecule has 1 aromatic carbocycles. The molecule has 2 N–H and O–H groups in total. The maximum Gasteiger partial charge on any atom is 0.243 e. The fraction of sp³-hybridized carbons (Fsp3) is 0.308. The lowest BCUT2D eigenvalue weighted by atomic mass is 10.1. The summed E-state index contributed by atoms with van der Waals surface area (Å²) in [4.78, 5) is 0.202. The zero-order valence-electron chi connectivity index (χ0n) is 11.3. The average Bonchev–Trinajstić information content (AvgIpc) is 2.91. The van der Waals surface area contributed by atoms with Crippen molar-refractivity contribution in [2.24, 2.45) is 0 Å². The maximum absolute atomic E-state index is 12.4. The first-order chi connectivity index (χ1) is 9.41. The number of benzene rings is 1. The number of hydrogen-bond acceptors (Lipinski definition) is 4. The first kappa shape index (κ1) is 14.7. The number of hydrogen-bond donors (Lipinski definition) is 2. The highest BCUT2D eigenvalue weighted by Gasteiger charge is 2.21. The zero-order chi connectivity index (χ0) is 14.8. The quantitative estimate of drug-likeness (QED) is 0.870. The highest BCUT2D eigenvalue weighted by atomic mass is 32.2. The summed E-state index contributed by atoms with van der Waals surface area (Å²) in [6, 6.07) is 6.24. The van der Waals surface area contributed by atoms with E-state index in [0.717, 1.165) is 5.56 Å². The highest BCUT2D eigenvalue weighted by Crippen LogP contribution is 2.19. The molecule has 0 aliphatic carbocycles. The predicted octanol–water partition coefficient (Wildman–Crippen LogP) is 1.28. The van der Waals surface area contributed by atoms with Gasteiger partial charge in [-0.2, -0.15) is 9.40 Å². The molecule has 0 saturated carbocycles. The van der Waals surface area contributed by atoms with Crippen molar-refractivity contribution in [3.8, 4) is 0 Å². The zero-order valence-corrected chi connectivity index (χ0v) is 12.1. The average molecular weight is 295 g/mol. The van der Waals surface area contributed by atoms with Crippen LogP contribution in [0.3, 0.4) is 0 Å². The van der Waals surface area contributed by atoms with Crippen LogP contribution in [0.4, 0.5) is 0 Å². The molecule has 20 heavy (non-hydrogen) atoms. The molecule has 0 saturated heterocycles. The molecule has 0 bridgehead atoms. The van der Waals surface area contributed by atoms with E-state index in [1.54, 1.807) is 31.5 Å². The number of sulfonamides is 1. The lowest BCUT2D eigenvalue weighted by Crippen LogP contribution is -2.26. The maximum atomic E-state index is 12.4. The molecular weight excluding hydrogens is 278 g/mol. The Labute approximate surface area is 118 Å². The molecule has 7 heteroatoms. The van der Waals surface area contributed by atoms with Crippen LogP contribution in [0.25, 0.3) is 0 Å². The first-order valence-electron chi connectivity index (χ1n) is 6.13. The van der Waals surface area contributed by atoms with Crippen molar-refractivity contribution in [3.63, 3.8) is 0 Å². The normalized spacial score (nSPS) is 13.6. The molecule has 0 amide bonds. The van der Waals surface area contributed by atoms with E-state index in [9.17, 15) is 13.5 Å². The molecular formula is C13H17N3O3S. The van der Waals surface area contributed by atoms with Gasteiger partial charge in [0.15, 0.2) is 0 Å². The summed E-state index contributed by atoms with van der Waals surface area (Å²) in [5, 5.41) is 15.9. The van der Waals surface area contributed by atoms with Crippen LogP contribution in [0.1, 0.15) is 24.2 Å². The molecule has 6 nitrogen and oxygen atoms in total. The van der Waals surface area contributed by atoms with Gasteiger partial charge in [0.25, 0.3) is 0 Å². The van der Waals surface area contributed by atoms with Crippen LogP contribution in [-0.2, 0) is 16.6 Å². The van der Waals surface area contributed by atoms with Crippen molar-refractivity contribution >= 4 is 10.0 Å². The number of aliphatic hydroxyl groups is 1. The molecule has 1 aromatic heterocycles. The van der Waals surface area contributed by atoms with Gasteiger partial charge in [0, 0.05) is 25.4 Å². The second kappa shape index (κ2) is 5.74. The number of nitrogens with zero attached hydrogens (tertiary/aromatic N) is 2. The lowest BCUT2D eigenvalue weighted by Gasteiger charge is -2.16. The second-order valence-electron chi connectivity index (χ2n) is 4.61. The Hall–Kier alpha value is -1.70. The summed E-state index contributed by atoms with van der Waals surface area (Å²) < 4.78 is 26.0. The number of H-pyrrole nitrogens is 1. The van der Waals surface area contributed by atoms with Crippen LogP contribution in [0.2, 0.25) is 0 Å². The molecule has 1 atom stereocenters. The molecule has 2 aromatic rings.